The van der Waals surface area contributed by atoms with Crippen LogP contribution in [-0.4, -0.2) is 21.0 Å². The molecule has 5 rings (SSSR count). The Bertz CT molecular complexity index is 1730. The molecule has 188 valence electrons. The number of oxazole rings is 1. The van der Waals surface area contributed by atoms with Crippen molar-refractivity contribution in [2.45, 2.75) is 0 Å². The molecule has 38 heavy (non-hydrogen) atoms. The molecule has 0 fully saturated rings. The normalized spacial score (nSPS) is 11.2. The lowest BCUT2D eigenvalue weighted by Gasteiger charge is -2.06. The second kappa shape index (κ2) is 10.3. The maximum atomic E-state index is 11.3. The number of hydrogen-bond acceptors (Lipinski definition) is 8. The van der Waals surface area contributed by atoms with Crippen LogP contribution >= 0.6 is 23.2 Å². The first-order valence-corrected chi connectivity index (χ1v) is 11.6. The van der Waals surface area contributed by atoms with E-state index in [-0.39, 0.29) is 5.75 Å². The number of ether oxygens (including phenoxy) is 1. The molecule has 0 aliphatic rings. The molecule has 0 radical (unpaired) electrons. The number of aliphatic imine (C=N–C) groups is 1. The highest BCUT2D eigenvalue weighted by atomic mass is 35.5. The third-order valence-electron chi connectivity index (χ3n) is 5.36. The van der Waals surface area contributed by atoms with Crippen LogP contribution in [0.1, 0.15) is 5.56 Å². The molecular formula is C26H14Cl2N4O6. The molecule has 0 atom stereocenters. The van der Waals surface area contributed by atoms with Gasteiger partial charge in [0.1, 0.15) is 11.3 Å². The fraction of sp³-hybridized carbons (Fsp3) is 0. The summed E-state index contributed by atoms with van der Waals surface area (Å²) in [6.07, 6.45) is 1.64. The summed E-state index contributed by atoms with van der Waals surface area (Å²) in [6, 6.07) is 20.3. The maximum absolute atomic E-state index is 11.3. The Morgan fingerprint density at radius 3 is 2.37 bits per heavy atom. The number of aromatic nitrogens is 1. The predicted octanol–water partition coefficient (Wildman–Crippen LogP) is 8.16. The molecule has 1 aromatic heterocycles. The minimum absolute atomic E-state index is 0.108. The number of halogens is 2. The predicted molar refractivity (Wildman–Crippen MR) is 143 cm³/mol. The Hall–Kier alpha value is -4.80. The average Bonchev–Trinajstić information content (AvgIpc) is 3.33. The van der Waals surface area contributed by atoms with Crippen molar-refractivity contribution in [2.24, 2.45) is 4.99 Å². The zero-order valence-electron chi connectivity index (χ0n) is 19.1. The number of benzene rings is 4. The van der Waals surface area contributed by atoms with Gasteiger partial charge in [0.2, 0.25) is 11.6 Å². The van der Waals surface area contributed by atoms with E-state index in [1.807, 2.05) is 0 Å². The SMILES string of the molecule is O=[N+]([O-])c1ccc(Oc2ccc(C=Nc3ccc4oc(-c5ccc(Cl)c(Cl)c5)nc4c3)cc2)c([N+](=O)[O-])c1. The first-order valence-electron chi connectivity index (χ1n) is 10.9. The first kappa shape index (κ1) is 24.9. The first-order chi connectivity index (χ1) is 18.3. The van der Waals surface area contributed by atoms with E-state index in [0.717, 1.165) is 17.7 Å². The molecule has 0 saturated heterocycles. The van der Waals surface area contributed by atoms with E-state index >= 15 is 0 Å². The van der Waals surface area contributed by atoms with Crippen LogP contribution in [0.15, 0.2) is 88.3 Å². The highest BCUT2D eigenvalue weighted by molar-refractivity contribution is 6.42. The van der Waals surface area contributed by atoms with E-state index in [9.17, 15) is 20.2 Å². The lowest BCUT2D eigenvalue weighted by molar-refractivity contribution is -0.394. The van der Waals surface area contributed by atoms with Crippen LogP contribution in [-0.2, 0) is 0 Å². The summed E-state index contributed by atoms with van der Waals surface area (Å²) in [7, 11) is 0. The number of fused-ring (bicyclic) bond motifs is 1. The molecule has 12 heteroatoms. The van der Waals surface area contributed by atoms with Gasteiger partial charge in [0.15, 0.2) is 5.58 Å². The van der Waals surface area contributed by atoms with Crippen molar-refractivity contribution in [3.8, 4) is 23.0 Å². The largest absolute Gasteiger partial charge is 0.450 e. The van der Waals surface area contributed by atoms with Crippen LogP contribution in [0.3, 0.4) is 0 Å². The van der Waals surface area contributed by atoms with Gasteiger partial charge in [-0.15, -0.1) is 0 Å². The molecule has 5 aromatic rings. The highest BCUT2D eigenvalue weighted by Gasteiger charge is 2.21. The topological polar surface area (TPSA) is 134 Å². The number of nitrogens with zero attached hydrogens (tertiary/aromatic N) is 4. The number of hydrogen-bond donors (Lipinski definition) is 0. The molecule has 1 heterocycles. The fourth-order valence-electron chi connectivity index (χ4n) is 3.50. The molecule has 0 bridgehead atoms. The van der Waals surface area contributed by atoms with Crippen molar-refractivity contribution in [1.82, 2.24) is 4.98 Å². The molecule has 0 amide bonds. The Labute approximate surface area is 224 Å². The zero-order chi connectivity index (χ0) is 26.8. The number of rotatable bonds is 7. The van der Waals surface area contributed by atoms with Crippen LogP contribution in [0.2, 0.25) is 10.0 Å². The summed E-state index contributed by atoms with van der Waals surface area (Å²) in [5.74, 6) is 0.615. The van der Waals surface area contributed by atoms with Crippen molar-refractivity contribution in [3.63, 3.8) is 0 Å². The van der Waals surface area contributed by atoms with E-state index < -0.39 is 21.2 Å². The molecule has 0 unspecified atom stereocenters. The monoisotopic (exact) mass is 548 g/mol. The van der Waals surface area contributed by atoms with Crippen molar-refractivity contribution in [2.75, 3.05) is 0 Å². The molecule has 0 aliphatic heterocycles. The summed E-state index contributed by atoms with van der Waals surface area (Å²) in [5.41, 5.74) is 2.39. The Morgan fingerprint density at radius 2 is 1.66 bits per heavy atom. The standard InChI is InChI=1S/C26H14Cl2N4O6/c27-20-8-3-16(11-21(20)28)26-30-22-12-17(4-9-24(22)38-26)29-14-15-1-6-19(7-2-15)37-25-10-5-18(31(33)34)13-23(25)32(35)36/h1-14H. The van der Waals surface area contributed by atoms with Gasteiger partial charge in [0.05, 0.1) is 31.6 Å². The van der Waals surface area contributed by atoms with Gasteiger partial charge in [-0.2, -0.15) is 0 Å². The fourth-order valence-corrected chi connectivity index (χ4v) is 3.79. The van der Waals surface area contributed by atoms with E-state index in [1.54, 1.807) is 66.9 Å². The van der Waals surface area contributed by atoms with E-state index in [0.29, 0.717) is 44.0 Å². The molecule has 0 saturated carbocycles. The van der Waals surface area contributed by atoms with Gasteiger partial charge in [0, 0.05) is 17.8 Å². The molecule has 0 aliphatic carbocycles. The molecule has 10 nitrogen and oxygen atoms in total. The van der Waals surface area contributed by atoms with Gasteiger partial charge in [-0.1, -0.05) is 23.2 Å². The molecular weight excluding hydrogens is 535 g/mol. The molecule has 0 spiro atoms. The van der Waals surface area contributed by atoms with Crippen LogP contribution < -0.4 is 4.74 Å². The molecule has 0 N–H and O–H groups in total. The summed E-state index contributed by atoms with van der Waals surface area (Å²) in [5, 5.41) is 23.1. The Morgan fingerprint density at radius 1 is 0.868 bits per heavy atom. The minimum Gasteiger partial charge on any atom is -0.450 e. The van der Waals surface area contributed by atoms with Gasteiger partial charge >= 0.3 is 5.69 Å². The van der Waals surface area contributed by atoms with Crippen LogP contribution in [0.25, 0.3) is 22.6 Å². The van der Waals surface area contributed by atoms with Crippen LogP contribution in [0, 0.1) is 20.2 Å². The third kappa shape index (κ3) is 5.31. The van der Waals surface area contributed by atoms with Gasteiger partial charge < -0.3 is 9.15 Å². The second-order valence-electron chi connectivity index (χ2n) is 7.90. The van der Waals surface area contributed by atoms with E-state index in [1.165, 1.54) is 6.07 Å². The van der Waals surface area contributed by atoms with Gasteiger partial charge in [-0.05, 0) is 72.3 Å². The number of nitro benzene ring substituents is 2. The maximum Gasteiger partial charge on any atom is 0.318 e. The lowest BCUT2D eigenvalue weighted by atomic mass is 10.2. The van der Waals surface area contributed by atoms with E-state index in [2.05, 4.69) is 9.98 Å². The van der Waals surface area contributed by atoms with Gasteiger partial charge in [-0.3, -0.25) is 25.2 Å². The smallest absolute Gasteiger partial charge is 0.318 e. The Balaban J connectivity index is 1.31. The Kier molecular flexibility index (Phi) is 6.73. The third-order valence-corrected chi connectivity index (χ3v) is 6.10. The summed E-state index contributed by atoms with van der Waals surface area (Å²) >= 11 is 12.1. The highest BCUT2D eigenvalue weighted by Crippen LogP contribution is 2.35. The van der Waals surface area contributed by atoms with Crippen molar-refractivity contribution < 1.29 is 19.0 Å². The number of nitro groups is 2. The summed E-state index contributed by atoms with van der Waals surface area (Å²) in [4.78, 5) is 29.8. The average molecular weight is 549 g/mol. The lowest BCUT2D eigenvalue weighted by Crippen LogP contribution is -1.96. The zero-order valence-corrected chi connectivity index (χ0v) is 20.6. The van der Waals surface area contributed by atoms with Gasteiger partial charge in [-0.25, -0.2) is 4.98 Å². The van der Waals surface area contributed by atoms with Crippen molar-refractivity contribution in [3.05, 3.63) is 115 Å². The molecule has 4 aromatic carbocycles. The van der Waals surface area contributed by atoms with Crippen LogP contribution in [0.4, 0.5) is 17.1 Å². The number of non-ortho nitro benzene ring substituents is 1. The van der Waals surface area contributed by atoms with Crippen molar-refractivity contribution >= 4 is 57.6 Å². The van der Waals surface area contributed by atoms with Gasteiger partial charge in [0.25, 0.3) is 5.69 Å². The summed E-state index contributed by atoms with van der Waals surface area (Å²) in [6.45, 7) is 0. The second-order valence-corrected chi connectivity index (χ2v) is 8.71. The minimum atomic E-state index is -0.734. The van der Waals surface area contributed by atoms with Crippen molar-refractivity contribution in [1.29, 1.82) is 0 Å². The van der Waals surface area contributed by atoms with Crippen LogP contribution in [0.5, 0.6) is 11.5 Å². The quantitative estimate of drug-likeness (QED) is 0.114. The van der Waals surface area contributed by atoms with E-state index in [4.69, 9.17) is 32.4 Å². The summed E-state index contributed by atoms with van der Waals surface area (Å²) < 4.78 is 11.4.